The lowest BCUT2D eigenvalue weighted by atomic mass is 9.99. The van der Waals surface area contributed by atoms with E-state index in [0.717, 1.165) is 11.1 Å². The van der Waals surface area contributed by atoms with Gasteiger partial charge in [0, 0.05) is 20.2 Å². The SMILES string of the molecule is COC1c2ccccc2CC1NC(=O)C(c1ccc(F)cc1)N1CC(F)C1. The first-order valence-corrected chi connectivity index (χ1v) is 9.11. The maximum absolute atomic E-state index is 13.4. The minimum absolute atomic E-state index is 0.190. The van der Waals surface area contributed by atoms with Gasteiger partial charge in [-0.15, -0.1) is 0 Å². The summed E-state index contributed by atoms with van der Waals surface area (Å²) in [6, 6.07) is 13.0. The maximum Gasteiger partial charge on any atom is 0.242 e. The quantitative estimate of drug-likeness (QED) is 0.878. The molecule has 1 N–H and O–H groups in total. The van der Waals surface area contributed by atoms with E-state index in [9.17, 15) is 13.6 Å². The Morgan fingerprint density at radius 2 is 1.89 bits per heavy atom. The molecule has 3 atom stereocenters. The number of rotatable bonds is 5. The molecule has 0 bridgehead atoms. The molecular formula is C21H22F2N2O2. The van der Waals surface area contributed by atoms with Gasteiger partial charge < -0.3 is 10.1 Å². The van der Waals surface area contributed by atoms with Crippen LogP contribution in [0.25, 0.3) is 0 Å². The van der Waals surface area contributed by atoms with Crippen LogP contribution in [0.5, 0.6) is 0 Å². The molecule has 0 spiro atoms. The minimum atomic E-state index is -0.928. The van der Waals surface area contributed by atoms with Crippen molar-refractivity contribution < 1.29 is 18.3 Å². The number of ether oxygens (including phenoxy) is 1. The maximum atomic E-state index is 13.4. The summed E-state index contributed by atoms with van der Waals surface area (Å²) in [4.78, 5) is 14.9. The molecule has 1 saturated heterocycles. The van der Waals surface area contributed by atoms with Crippen molar-refractivity contribution in [2.24, 2.45) is 0 Å². The number of alkyl halides is 1. The number of likely N-dealkylation sites (tertiary alicyclic amines) is 1. The molecule has 0 aromatic heterocycles. The number of halogens is 2. The van der Waals surface area contributed by atoms with E-state index in [1.165, 1.54) is 12.1 Å². The average Bonchev–Trinajstić information content (AvgIpc) is 2.99. The number of hydrogen-bond donors (Lipinski definition) is 1. The van der Waals surface area contributed by atoms with Gasteiger partial charge in [-0.3, -0.25) is 9.69 Å². The van der Waals surface area contributed by atoms with E-state index in [1.54, 1.807) is 24.1 Å². The number of nitrogens with one attached hydrogen (secondary N) is 1. The lowest BCUT2D eigenvalue weighted by Crippen LogP contribution is -2.55. The summed E-state index contributed by atoms with van der Waals surface area (Å²) in [5.74, 6) is -0.580. The summed E-state index contributed by atoms with van der Waals surface area (Å²) in [6.07, 6.45) is -0.463. The molecule has 1 aliphatic heterocycles. The molecule has 142 valence electrons. The second kappa shape index (κ2) is 7.37. The Kier molecular flexibility index (Phi) is 4.93. The predicted molar refractivity (Wildman–Crippen MR) is 97.4 cm³/mol. The standard InChI is InChI=1S/C21H22F2N2O2/c1-27-20-17-5-3-2-4-14(17)10-18(20)24-21(26)19(25-11-16(23)12-25)13-6-8-15(22)9-7-13/h2-9,16,18-20H,10-12H2,1H3,(H,24,26). The lowest BCUT2D eigenvalue weighted by molar-refractivity contribution is -0.131. The largest absolute Gasteiger partial charge is 0.375 e. The third-order valence-electron chi connectivity index (χ3n) is 5.41. The third-order valence-corrected chi connectivity index (χ3v) is 5.41. The Bertz CT molecular complexity index is 821. The molecule has 2 aromatic rings. The van der Waals surface area contributed by atoms with E-state index in [1.807, 2.05) is 24.3 Å². The zero-order valence-electron chi connectivity index (χ0n) is 15.1. The number of amides is 1. The summed E-state index contributed by atoms with van der Waals surface area (Å²) >= 11 is 0. The molecule has 4 nitrogen and oxygen atoms in total. The van der Waals surface area contributed by atoms with Gasteiger partial charge >= 0.3 is 0 Å². The molecule has 3 unspecified atom stereocenters. The summed E-state index contributed by atoms with van der Waals surface area (Å²) < 4.78 is 32.3. The summed E-state index contributed by atoms with van der Waals surface area (Å²) in [5.41, 5.74) is 2.89. The van der Waals surface area contributed by atoms with Gasteiger partial charge in [0.15, 0.2) is 0 Å². The number of benzene rings is 2. The first kappa shape index (κ1) is 18.1. The van der Waals surface area contributed by atoms with Gasteiger partial charge in [-0.05, 0) is 35.2 Å². The molecule has 0 saturated carbocycles. The highest BCUT2D eigenvalue weighted by Crippen LogP contribution is 2.35. The van der Waals surface area contributed by atoms with Crippen molar-refractivity contribution in [3.63, 3.8) is 0 Å². The van der Waals surface area contributed by atoms with Crippen LogP contribution >= 0.6 is 0 Å². The second-order valence-corrected chi connectivity index (χ2v) is 7.18. The fraction of sp³-hybridized carbons (Fsp3) is 0.381. The number of methoxy groups -OCH3 is 1. The number of hydrogen-bond acceptors (Lipinski definition) is 3. The van der Waals surface area contributed by atoms with Crippen molar-refractivity contribution in [1.29, 1.82) is 0 Å². The third kappa shape index (κ3) is 3.47. The van der Waals surface area contributed by atoms with Crippen molar-refractivity contribution in [1.82, 2.24) is 10.2 Å². The molecular weight excluding hydrogens is 350 g/mol. The molecule has 1 aliphatic carbocycles. The Hall–Kier alpha value is -2.31. The summed E-state index contributed by atoms with van der Waals surface area (Å²) in [7, 11) is 1.63. The van der Waals surface area contributed by atoms with Crippen molar-refractivity contribution >= 4 is 5.91 Å². The molecule has 0 radical (unpaired) electrons. The number of carbonyl (C=O) groups excluding carboxylic acids is 1. The van der Waals surface area contributed by atoms with Gasteiger partial charge in [0.05, 0.1) is 6.04 Å². The van der Waals surface area contributed by atoms with Crippen LogP contribution in [0.3, 0.4) is 0 Å². The average molecular weight is 372 g/mol. The van der Waals surface area contributed by atoms with Crippen molar-refractivity contribution in [2.75, 3.05) is 20.2 Å². The highest BCUT2D eigenvalue weighted by atomic mass is 19.1. The smallest absolute Gasteiger partial charge is 0.242 e. The summed E-state index contributed by atoms with van der Waals surface area (Å²) in [6.45, 7) is 0.405. The van der Waals surface area contributed by atoms with Crippen LogP contribution in [0.2, 0.25) is 0 Å². The molecule has 27 heavy (non-hydrogen) atoms. The van der Waals surface area contributed by atoms with Crippen LogP contribution in [0.15, 0.2) is 48.5 Å². The molecule has 1 fully saturated rings. The highest BCUT2D eigenvalue weighted by Gasteiger charge is 2.40. The van der Waals surface area contributed by atoms with E-state index in [2.05, 4.69) is 5.32 Å². The van der Waals surface area contributed by atoms with Crippen LogP contribution in [-0.2, 0) is 16.0 Å². The predicted octanol–water partition coefficient (Wildman–Crippen LogP) is 2.95. The van der Waals surface area contributed by atoms with E-state index in [-0.39, 0.29) is 37.0 Å². The topological polar surface area (TPSA) is 41.6 Å². The Labute approximate surface area is 157 Å². The van der Waals surface area contributed by atoms with Crippen LogP contribution < -0.4 is 5.32 Å². The Balaban J connectivity index is 1.54. The van der Waals surface area contributed by atoms with Gasteiger partial charge in [0.2, 0.25) is 5.91 Å². The Morgan fingerprint density at radius 3 is 2.56 bits per heavy atom. The molecule has 2 aliphatic rings. The van der Waals surface area contributed by atoms with Gasteiger partial charge in [-0.25, -0.2) is 8.78 Å². The second-order valence-electron chi connectivity index (χ2n) is 7.18. The molecule has 2 aromatic carbocycles. The van der Waals surface area contributed by atoms with Gasteiger partial charge in [-0.1, -0.05) is 36.4 Å². The van der Waals surface area contributed by atoms with Crippen molar-refractivity contribution in [3.05, 3.63) is 71.0 Å². The normalized spacial score (nSPS) is 23.5. The molecule has 1 heterocycles. The van der Waals surface area contributed by atoms with E-state index in [0.29, 0.717) is 12.0 Å². The number of nitrogens with zero attached hydrogens (tertiary/aromatic N) is 1. The van der Waals surface area contributed by atoms with Gasteiger partial charge in [-0.2, -0.15) is 0 Å². The summed E-state index contributed by atoms with van der Waals surface area (Å²) in [5, 5.41) is 3.08. The van der Waals surface area contributed by atoms with E-state index in [4.69, 9.17) is 4.74 Å². The van der Waals surface area contributed by atoms with Crippen molar-refractivity contribution in [3.8, 4) is 0 Å². The first-order valence-electron chi connectivity index (χ1n) is 9.11. The van der Waals surface area contributed by atoms with Gasteiger partial charge in [0.1, 0.15) is 24.1 Å². The minimum Gasteiger partial charge on any atom is -0.375 e. The fourth-order valence-electron chi connectivity index (χ4n) is 4.08. The van der Waals surface area contributed by atoms with E-state index < -0.39 is 12.2 Å². The monoisotopic (exact) mass is 372 g/mol. The first-order chi connectivity index (χ1) is 13.1. The van der Waals surface area contributed by atoms with E-state index >= 15 is 0 Å². The van der Waals surface area contributed by atoms with Crippen molar-refractivity contribution in [2.45, 2.75) is 30.8 Å². The fourth-order valence-corrected chi connectivity index (χ4v) is 4.08. The van der Waals surface area contributed by atoms with Crippen LogP contribution in [-0.4, -0.2) is 43.2 Å². The molecule has 4 rings (SSSR count). The lowest BCUT2D eigenvalue weighted by Gasteiger charge is -2.40. The van der Waals surface area contributed by atoms with Crippen LogP contribution in [0, 0.1) is 5.82 Å². The molecule has 6 heteroatoms. The zero-order chi connectivity index (χ0) is 19.0. The van der Waals surface area contributed by atoms with Gasteiger partial charge in [0.25, 0.3) is 0 Å². The number of fused-ring (bicyclic) bond motifs is 1. The Morgan fingerprint density at radius 1 is 1.19 bits per heavy atom. The highest BCUT2D eigenvalue weighted by molar-refractivity contribution is 5.84. The van der Waals surface area contributed by atoms with Crippen LogP contribution in [0.4, 0.5) is 8.78 Å². The number of carbonyl (C=O) groups is 1. The zero-order valence-corrected chi connectivity index (χ0v) is 15.1. The molecule has 1 amide bonds. The van der Waals surface area contributed by atoms with Crippen LogP contribution in [0.1, 0.15) is 28.8 Å².